The lowest BCUT2D eigenvalue weighted by Gasteiger charge is -2.34. The highest BCUT2D eigenvalue weighted by atomic mass is 16.2. The molecule has 0 aromatic rings. The van der Waals surface area contributed by atoms with E-state index < -0.39 is 0 Å². The van der Waals surface area contributed by atoms with E-state index in [2.05, 4.69) is 19.2 Å². The minimum absolute atomic E-state index is 0.00374. The number of rotatable bonds is 6. The SMILES string of the molecule is CCC1C(=O)NCC(=O)N1CCCCC(C)C. The Labute approximate surface area is 104 Å². The summed E-state index contributed by atoms with van der Waals surface area (Å²) in [6, 6.07) is -0.254. The number of piperazine rings is 1. The molecule has 1 aliphatic rings. The summed E-state index contributed by atoms with van der Waals surface area (Å²) in [5.74, 6) is 0.759. The normalized spacial score (nSPS) is 20.9. The standard InChI is InChI=1S/C13H24N2O2/c1-4-11-13(17)14-9-12(16)15(11)8-6-5-7-10(2)3/h10-11H,4-9H2,1-3H3,(H,14,17). The summed E-state index contributed by atoms with van der Waals surface area (Å²) in [6.45, 7) is 7.24. The van der Waals surface area contributed by atoms with Gasteiger partial charge in [0.15, 0.2) is 0 Å². The summed E-state index contributed by atoms with van der Waals surface area (Å²) in [7, 11) is 0. The highest BCUT2D eigenvalue weighted by molar-refractivity contribution is 5.94. The molecule has 0 aliphatic carbocycles. The van der Waals surface area contributed by atoms with E-state index in [-0.39, 0.29) is 24.4 Å². The molecule has 4 nitrogen and oxygen atoms in total. The van der Waals surface area contributed by atoms with Gasteiger partial charge in [-0.3, -0.25) is 9.59 Å². The molecule has 1 unspecified atom stereocenters. The lowest BCUT2D eigenvalue weighted by molar-refractivity contribution is -0.145. The van der Waals surface area contributed by atoms with Crippen molar-refractivity contribution in [3.8, 4) is 0 Å². The number of hydrogen-bond donors (Lipinski definition) is 1. The van der Waals surface area contributed by atoms with Crippen molar-refractivity contribution in [2.24, 2.45) is 5.92 Å². The van der Waals surface area contributed by atoms with E-state index in [1.165, 1.54) is 6.42 Å². The summed E-state index contributed by atoms with van der Waals surface area (Å²) in [5.41, 5.74) is 0. The predicted octanol–water partition coefficient (Wildman–Crippen LogP) is 1.55. The van der Waals surface area contributed by atoms with Crippen LogP contribution in [0, 0.1) is 5.92 Å². The zero-order valence-electron chi connectivity index (χ0n) is 11.2. The molecule has 0 aromatic carbocycles. The monoisotopic (exact) mass is 240 g/mol. The first-order chi connectivity index (χ1) is 8.06. The number of carbonyl (C=O) groups is 2. The Morgan fingerprint density at radius 3 is 2.65 bits per heavy atom. The maximum Gasteiger partial charge on any atom is 0.243 e. The number of hydrogen-bond acceptors (Lipinski definition) is 2. The first-order valence-electron chi connectivity index (χ1n) is 6.63. The molecule has 0 spiro atoms. The molecule has 4 heteroatoms. The Morgan fingerprint density at radius 2 is 2.06 bits per heavy atom. The van der Waals surface area contributed by atoms with Crippen LogP contribution in [-0.4, -0.2) is 35.8 Å². The summed E-state index contributed by atoms with van der Waals surface area (Å²) in [4.78, 5) is 25.1. The van der Waals surface area contributed by atoms with E-state index in [9.17, 15) is 9.59 Å². The Morgan fingerprint density at radius 1 is 1.35 bits per heavy atom. The van der Waals surface area contributed by atoms with Gasteiger partial charge in [0.25, 0.3) is 0 Å². The van der Waals surface area contributed by atoms with Crippen LogP contribution in [0.3, 0.4) is 0 Å². The van der Waals surface area contributed by atoms with Gasteiger partial charge in [-0.05, 0) is 18.8 Å². The Bertz CT molecular complexity index is 277. The molecule has 98 valence electrons. The van der Waals surface area contributed by atoms with E-state index in [1.807, 2.05) is 6.92 Å². The van der Waals surface area contributed by atoms with Gasteiger partial charge < -0.3 is 10.2 Å². The Balaban J connectivity index is 2.42. The van der Waals surface area contributed by atoms with Crippen LogP contribution >= 0.6 is 0 Å². The fourth-order valence-electron chi connectivity index (χ4n) is 2.22. The zero-order chi connectivity index (χ0) is 12.8. The highest BCUT2D eigenvalue weighted by Gasteiger charge is 2.32. The molecule has 1 saturated heterocycles. The Kier molecular flexibility index (Phi) is 5.45. The molecular weight excluding hydrogens is 216 g/mol. The molecule has 1 heterocycles. The van der Waals surface area contributed by atoms with E-state index in [0.29, 0.717) is 12.3 Å². The molecule has 1 atom stereocenters. The second kappa shape index (κ2) is 6.62. The van der Waals surface area contributed by atoms with Crippen molar-refractivity contribution in [1.29, 1.82) is 0 Å². The van der Waals surface area contributed by atoms with Crippen molar-refractivity contribution in [2.45, 2.75) is 52.5 Å². The summed E-state index contributed by atoms with van der Waals surface area (Å²) < 4.78 is 0. The van der Waals surface area contributed by atoms with Crippen LogP contribution in [-0.2, 0) is 9.59 Å². The molecule has 0 bridgehead atoms. The lowest BCUT2D eigenvalue weighted by Crippen LogP contribution is -2.58. The summed E-state index contributed by atoms with van der Waals surface area (Å²) in [6.07, 6.45) is 4.00. The molecule has 2 amide bonds. The first-order valence-corrected chi connectivity index (χ1v) is 6.63. The van der Waals surface area contributed by atoms with Crippen LogP contribution in [0.25, 0.3) is 0 Å². The van der Waals surface area contributed by atoms with Crippen molar-refractivity contribution < 1.29 is 9.59 Å². The van der Waals surface area contributed by atoms with Gasteiger partial charge in [0, 0.05) is 6.54 Å². The number of unbranched alkanes of at least 4 members (excludes halogenated alkanes) is 1. The van der Waals surface area contributed by atoms with Gasteiger partial charge in [-0.15, -0.1) is 0 Å². The minimum Gasteiger partial charge on any atom is -0.345 e. The van der Waals surface area contributed by atoms with E-state index in [0.717, 1.165) is 19.4 Å². The maximum absolute atomic E-state index is 11.7. The second-order valence-electron chi connectivity index (χ2n) is 5.12. The van der Waals surface area contributed by atoms with Crippen LogP contribution in [0.4, 0.5) is 0 Å². The number of nitrogens with one attached hydrogen (secondary N) is 1. The van der Waals surface area contributed by atoms with Crippen molar-refractivity contribution in [1.82, 2.24) is 10.2 Å². The third kappa shape index (κ3) is 4.02. The first kappa shape index (κ1) is 14.0. The van der Waals surface area contributed by atoms with Crippen LogP contribution in [0.15, 0.2) is 0 Å². The Hall–Kier alpha value is -1.06. The van der Waals surface area contributed by atoms with E-state index >= 15 is 0 Å². The average Bonchev–Trinajstić information content (AvgIpc) is 2.28. The maximum atomic E-state index is 11.7. The predicted molar refractivity (Wildman–Crippen MR) is 67.5 cm³/mol. The highest BCUT2D eigenvalue weighted by Crippen LogP contribution is 2.13. The van der Waals surface area contributed by atoms with Gasteiger partial charge in [0.2, 0.25) is 11.8 Å². The number of amides is 2. The third-order valence-electron chi connectivity index (χ3n) is 3.23. The largest absolute Gasteiger partial charge is 0.345 e. The zero-order valence-corrected chi connectivity index (χ0v) is 11.2. The molecule has 1 N–H and O–H groups in total. The molecule has 0 aromatic heterocycles. The van der Waals surface area contributed by atoms with Gasteiger partial charge in [-0.25, -0.2) is 0 Å². The molecule has 17 heavy (non-hydrogen) atoms. The summed E-state index contributed by atoms with van der Waals surface area (Å²) >= 11 is 0. The van der Waals surface area contributed by atoms with Gasteiger partial charge in [0.05, 0.1) is 6.54 Å². The van der Waals surface area contributed by atoms with Gasteiger partial charge >= 0.3 is 0 Å². The smallest absolute Gasteiger partial charge is 0.243 e. The third-order valence-corrected chi connectivity index (χ3v) is 3.23. The van der Waals surface area contributed by atoms with Gasteiger partial charge in [-0.2, -0.15) is 0 Å². The topological polar surface area (TPSA) is 49.4 Å². The molecule has 1 aliphatic heterocycles. The molecule has 0 radical (unpaired) electrons. The molecule has 0 saturated carbocycles. The van der Waals surface area contributed by atoms with E-state index in [4.69, 9.17) is 0 Å². The lowest BCUT2D eigenvalue weighted by atomic mass is 10.0. The average molecular weight is 240 g/mol. The fraction of sp³-hybridized carbons (Fsp3) is 0.846. The molecule has 1 fully saturated rings. The van der Waals surface area contributed by atoms with Crippen LogP contribution < -0.4 is 5.32 Å². The van der Waals surface area contributed by atoms with Gasteiger partial charge in [0.1, 0.15) is 6.04 Å². The van der Waals surface area contributed by atoms with Gasteiger partial charge in [-0.1, -0.05) is 33.6 Å². The van der Waals surface area contributed by atoms with Crippen molar-refractivity contribution in [3.05, 3.63) is 0 Å². The molecular formula is C13H24N2O2. The number of nitrogens with zero attached hydrogens (tertiary/aromatic N) is 1. The van der Waals surface area contributed by atoms with Crippen molar-refractivity contribution in [3.63, 3.8) is 0 Å². The second-order valence-corrected chi connectivity index (χ2v) is 5.12. The summed E-state index contributed by atoms with van der Waals surface area (Å²) in [5, 5.41) is 2.64. The van der Waals surface area contributed by atoms with Crippen LogP contribution in [0.1, 0.15) is 46.5 Å². The van der Waals surface area contributed by atoms with Crippen molar-refractivity contribution >= 4 is 11.8 Å². The molecule has 1 rings (SSSR count). The fourth-order valence-corrected chi connectivity index (χ4v) is 2.22. The van der Waals surface area contributed by atoms with Crippen LogP contribution in [0.2, 0.25) is 0 Å². The van der Waals surface area contributed by atoms with Crippen molar-refractivity contribution in [2.75, 3.05) is 13.1 Å². The van der Waals surface area contributed by atoms with E-state index in [1.54, 1.807) is 4.90 Å². The number of carbonyl (C=O) groups excluding carboxylic acids is 2. The quantitative estimate of drug-likeness (QED) is 0.716. The van der Waals surface area contributed by atoms with Crippen LogP contribution in [0.5, 0.6) is 0 Å². The minimum atomic E-state index is -0.254.